The highest BCUT2D eigenvalue weighted by Crippen LogP contribution is 2.29. The Morgan fingerprint density at radius 1 is 0.762 bits per heavy atom. The van der Waals surface area contributed by atoms with Gasteiger partial charge in [0.25, 0.3) is 0 Å². The third-order valence-corrected chi connectivity index (χ3v) is 7.82. The van der Waals surface area contributed by atoms with Crippen molar-refractivity contribution >= 4 is 5.91 Å². The molecule has 2 aliphatic rings. The van der Waals surface area contributed by atoms with E-state index < -0.39 is 86.8 Å². The molecule has 12 unspecified atom stereocenters. The van der Waals surface area contributed by atoms with E-state index in [1.54, 1.807) is 0 Å². The van der Waals surface area contributed by atoms with Gasteiger partial charge in [0, 0.05) is 6.42 Å². The molecule has 0 radical (unpaired) electrons. The topological polar surface area (TPSA) is 228 Å². The van der Waals surface area contributed by atoms with Crippen molar-refractivity contribution in [1.82, 2.24) is 5.32 Å². The van der Waals surface area contributed by atoms with E-state index in [2.05, 4.69) is 19.2 Å². The van der Waals surface area contributed by atoms with Gasteiger partial charge in [0.05, 0.1) is 32.0 Å². The SMILES string of the molecule is CCCCCCC(=O)NC(COC1OC(CO)C(OC2OC(CO)C(O)C(O)C2O)C(O)C1O)C(O)CCCCCC. The maximum absolute atomic E-state index is 12.6. The number of carbonyl (C=O) groups excluding carboxylic acids is 1. The van der Waals surface area contributed by atoms with E-state index >= 15 is 0 Å². The maximum Gasteiger partial charge on any atom is 0.220 e. The number of unbranched alkanes of at least 4 members (excludes halogenated alkanes) is 6. The van der Waals surface area contributed by atoms with Crippen molar-refractivity contribution in [3.8, 4) is 0 Å². The van der Waals surface area contributed by atoms with Gasteiger partial charge in [-0.2, -0.15) is 0 Å². The fraction of sp³-hybridized carbons (Fsp3) is 0.964. The van der Waals surface area contributed by atoms with Crippen LogP contribution in [-0.2, 0) is 23.7 Å². The van der Waals surface area contributed by atoms with Gasteiger partial charge in [0.1, 0.15) is 48.8 Å². The van der Waals surface area contributed by atoms with Gasteiger partial charge in [-0.1, -0.05) is 58.8 Å². The molecule has 14 heteroatoms. The minimum atomic E-state index is -1.77. The van der Waals surface area contributed by atoms with Crippen LogP contribution in [-0.4, -0.2) is 140 Å². The summed E-state index contributed by atoms with van der Waals surface area (Å²) in [6, 6.07) is -0.811. The minimum absolute atomic E-state index is 0.237. The molecule has 0 saturated carbocycles. The van der Waals surface area contributed by atoms with Crippen LogP contribution in [0.25, 0.3) is 0 Å². The Hall–Kier alpha value is -1.01. The number of nitrogens with one attached hydrogen (secondary N) is 1. The van der Waals surface area contributed by atoms with Gasteiger partial charge in [0.2, 0.25) is 5.91 Å². The summed E-state index contributed by atoms with van der Waals surface area (Å²) < 4.78 is 22.2. The Bertz CT molecular complexity index is 745. The molecule has 2 heterocycles. The molecule has 248 valence electrons. The molecular formula is C28H53NO13. The van der Waals surface area contributed by atoms with Gasteiger partial charge in [0.15, 0.2) is 12.6 Å². The molecule has 0 aliphatic carbocycles. The van der Waals surface area contributed by atoms with Gasteiger partial charge in [-0.25, -0.2) is 0 Å². The minimum Gasteiger partial charge on any atom is -0.394 e. The van der Waals surface area contributed by atoms with E-state index in [0.29, 0.717) is 19.3 Å². The zero-order valence-corrected chi connectivity index (χ0v) is 24.7. The van der Waals surface area contributed by atoms with Crippen molar-refractivity contribution in [2.45, 2.75) is 152 Å². The zero-order valence-electron chi connectivity index (χ0n) is 24.7. The standard InChI is InChI=1S/C28H53NO13/c1-3-5-7-9-11-17(32)16(29-20(33)12-10-8-6-4-2)15-39-27-25(38)23(36)26(19(14-31)41-27)42-28-24(37)22(35)21(34)18(13-30)40-28/h16-19,21-28,30-32,34-38H,3-15H2,1-2H3,(H,29,33). The van der Waals surface area contributed by atoms with E-state index in [9.17, 15) is 45.6 Å². The maximum atomic E-state index is 12.6. The van der Waals surface area contributed by atoms with Crippen LogP contribution in [0, 0.1) is 0 Å². The van der Waals surface area contributed by atoms with Crippen LogP contribution in [0.4, 0.5) is 0 Å². The lowest BCUT2D eigenvalue weighted by molar-refractivity contribution is -0.359. The molecule has 0 bridgehead atoms. The normalized spacial score (nSPS) is 35.1. The number of aliphatic hydroxyl groups is 8. The Labute approximate surface area is 247 Å². The molecule has 2 aliphatic heterocycles. The lowest BCUT2D eigenvalue weighted by atomic mass is 9.97. The van der Waals surface area contributed by atoms with Crippen LogP contribution in [0.15, 0.2) is 0 Å². The Balaban J connectivity index is 2.03. The summed E-state index contributed by atoms with van der Waals surface area (Å²) in [5, 5.41) is 84.9. The first-order valence-corrected chi connectivity index (χ1v) is 15.3. The fourth-order valence-corrected chi connectivity index (χ4v) is 5.11. The van der Waals surface area contributed by atoms with Gasteiger partial charge in [-0.15, -0.1) is 0 Å². The second-order valence-electron chi connectivity index (χ2n) is 11.2. The predicted molar refractivity (Wildman–Crippen MR) is 148 cm³/mol. The molecule has 2 fully saturated rings. The highest BCUT2D eigenvalue weighted by atomic mass is 16.7. The third kappa shape index (κ3) is 10.9. The molecular weight excluding hydrogens is 558 g/mol. The highest BCUT2D eigenvalue weighted by molar-refractivity contribution is 5.76. The number of rotatable bonds is 19. The first kappa shape index (κ1) is 37.2. The van der Waals surface area contributed by atoms with Crippen LogP contribution in [0.1, 0.15) is 78.1 Å². The molecule has 1 amide bonds. The van der Waals surface area contributed by atoms with Crippen LogP contribution in [0.2, 0.25) is 0 Å². The predicted octanol–water partition coefficient (Wildman–Crippen LogP) is -1.59. The Kier molecular flexibility index (Phi) is 17.2. The van der Waals surface area contributed by atoms with Crippen molar-refractivity contribution in [3.05, 3.63) is 0 Å². The van der Waals surface area contributed by atoms with Gasteiger partial charge < -0.3 is 65.1 Å². The van der Waals surface area contributed by atoms with E-state index in [1.165, 1.54) is 0 Å². The van der Waals surface area contributed by atoms with Crippen LogP contribution in [0.5, 0.6) is 0 Å². The molecule has 0 aromatic heterocycles. The smallest absolute Gasteiger partial charge is 0.220 e. The average molecular weight is 612 g/mol. The second-order valence-corrected chi connectivity index (χ2v) is 11.2. The van der Waals surface area contributed by atoms with E-state index in [4.69, 9.17) is 18.9 Å². The Morgan fingerprint density at radius 2 is 1.36 bits per heavy atom. The number of aliphatic hydroxyl groups excluding tert-OH is 8. The van der Waals surface area contributed by atoms with Crippen LogP contribution in [0.3, 0.4) is 0 Å². The summed E-state index contributed by atoms with van der Waals surface area (Å²) in [5.74, 6) is -0.237. The second kappa shape index (κ2) is 19.4. The summed E-state index contributed by atoms with van der Waals surface area (Å²) in [6.07, 6.45) is -8.48. The molecule has 0 spiro atoms. The molecule has 2 rings (SSSR count). The summed E-state index contributed by atoms with van der Waals surface area (Å²) in [7, 11) is 0. The summed E-state index contributed by atoms with van der Waals surface area (Å²) in [4.78, 5) is 12.6. The van der Waals surface area contributed by atoms with Crippen molar-refractivity contribution in [1.29, 1.82) is 0 Å². The summed E-state index contributed by atoms with van der Waals surface area (Å²) >= 11 is 0. The van der Waals surface area contributed by atoms with E-state index in [1.807, 2.05) is 0 Å². The average Bonchev–Trinajstić information content (AvgIpc) is 2.98. The molecule has 42 heavy (non-hydrogen) atoms. The lowest BCUT2D eigenvalue weighted by Gasteiger charge is -2.46. The van der Waals surface area contributed by atoms with Gasteiger partial charge in [-0.3, -0.25) is 4.79 Å². The Morgan fingerprint density at radius 3 is 1.98 bits per heavy atom. The van der Waals surface area contributed by atoms with Crippen molar-refractivity contribution in [2.24, 2.45) is 0 Å². The van der Waals surface area contributed by atoms with E-state index in [-0.39, 0.29) is 12.5 Å². The molecule has 9 N–H and O–H groups in total. The first-order valence-electron chi connectivity index (χ1n) is 15.3. The largest absolute Gasteiger partial charge is 0.394 e. The van der Waals surface area contributed by atoms with Crippen molar-refractivity contribution < 1.29 is 64.6 Å². The highest BCUT2D eigenvalue weighted by Gasteiger charge is 2.50. The molecule has 2 saturated heterocycles. The molecule has 0 aromatic carbocycles. The number of hydrogen-bond acceptors (Lipinski definition) is 13. The molecule has 14 nitrogen and oxygen atoms in total. The fourth-order valence-electron chi connectivity index (χ4n) is 5.11. The number of carbonyl (C=O) groups is 1. The van der Waals surface area contributed by atoms with Crippen molar-refractivity contribution in [2.75, 3.05) is 19.8 Å². The van der Waals surface area contributed by atoms with Gasteiger partial charge >= 0.3 is 0 Å². The number of amides is 1. The van der Waals surface area contributed by atoms with Gasteiger partial charge in [-0.05, 0) is 12.8 Å². The zero-order chi connectivity index (χ0) is 31.2. The third-order valence-electron chi connectivity index (χ3n) is 7.82. The first-order chi connectivity index (χ1) is 20.1. The van der Waals surface area contributed by atoms with E-state index in [0.717, 1.165) is 44.9 Å². The monoisotopic (exact) mass is 611 g/mol. The summed E-state index contributed by atoms with van der Waals surface area (Å²) in [6.45, 7) is 2.50. The quantitative estimate of drug-likeness (QED) is 0.0752. The lowest BCUT2D eigenvalue weighted by Crippen LogP contribution is -2.65. The molecule has 0 aromatic rings. The summed E-state index contributed by atoms with van der Waals surface area (Å²) in [5.41, 5.74) is 0. The van der Waals surface area contributed by atoms with Crippen LogP contribution >= 0.6 is 0 Å². The van der Waals surface area contributed by atoms with Crippen LogP contribution < -0.4 is 5.32 Å². The van der Waals surface area contributed by atoms with Crippen molar-refractivity contribution in [3.63, 3.8) is 0 Å². The molecule has 12 atom stereocenters. The number of hydrogen-bond donors (Lipinski definition) is 9. The number of ether oxygens (including phenoxy) is 4.